The Morgan fingerprint density at radius 2 is 1.95 bits per heavy atom. The number of carbonyl (C=O) groups excluding carboxylic acids is 1. The van der Waals surface area contributed by atoms with Gasteiger partial charge in [0.15, 0.2) is 5.75 Å². The number of hydrogen-bond donors (Lipinski definition) is 2. The quantitative estimate of drug-likeness (QED) is 0.835. The van der Waals surface area contributed by atoms with Gasteiger partial charge in [0, 0.05) is 5.02 Å². The average Bonchev–Trinajstić information content (AvgIpc) is 2.38. The van der Waals surface area contributed by atoms with Gasteiger partial charge in [0.05, 0.1) is 17.1 Å². The van der Waals surface area contributed by atoms with Crippen LogP contribution in [0.4, 0.5) is 5.69 Å². The standard InChI is InChI=1S/C15H13Cl2NO2/c1-9-4-2-3-5-10(9)6-14(19)18-13-8-11(16)7-12(17)15(13)20/h2-5,7-8,20H,6H2,1H3,(H,18,19). The van der Waals surface area contributed by atoms with Crippen molar-refractivity contribution in [2.75, 3.05) is 5.32 Å². The number of nitrogens with one attached hydrogen (secondary N) is 1. The maximum absolute atomic E-state index is 12.0. The van der Waals surface area contributed by atoms with Crippen LogP contribution < -0.4 is 5.32 Å². The van der Waals surface area contributed by atoms with E-state index in [4.69, 9.17) is 23.2 Å². The fourth-order valence-electron chi connectivity index (χ4n) is 1.84. The van der Waals surface area contributed by atoms with Crippen LogP contribution in [0, 0.1) is 6.92 Å². The van der Waals surface area contributed by atoms with Gasteiger partial charge in [-0.15, -0.1) is 0 Å². The fourth-order valence-corrected chi connectivity index (χ4v) is 2.33. The van der Waals surface area contributed by atoms with Crippen molar-refractivity contribution in [3.05, 3.63) is 57.6 Å². The van der Waals surface area contributed by atoms with Gasteiger partial charge in [0.1, 0.15) is 0 Å². The van der Waals surface area contributed by atoms with Crippen LogP contribution in [-0.2, 0) is 11.2 Å². The van der Waals surface area contributed by atoms with E-state index in [0.29, 0.717) is 5.02 Å². The van der Waals surface area contributed by atoms with E-state index in [9.17, 15) is 9.90 Å². The van der Waals surface area contributed by atoms with Crippen molar-refractivity contribution in [2.45, 2.75) is 13.3 Å². The fraction of sp³-hybridized carbons (Fsp3) is 0.133. The minimum absolute atomic E-state index is 0.101. The Morgan fingerprint density at radius 1 is 1.25 bits per heavy atom. The Hall–Kier alpha value is -1.71. The third kappa shape index (κ3) is 3.44. The van der Waals surface area contributed by atoms with Crippen molar-refractivity contribution in [1.82, 2.24) is 0 Å². The number of halogens is 2. The third-order valence-electron chi connectivity index (χ3n) is 2.91. The van der Waals surface area contributed by atoms with Crippen molar-refractivity contribution in [3.8, 4) is 5.75 Å². The van der Waals surface area contributed by atoms with Gasteiger partial charge in [-0.05, 0) is 30.2 Å². The van der Waals surface area contributed by atoms with E-state index < -0.39 is 0 Å². The number of anilines is 1. The van der Waals surface area contributed by atoms with Crippen LogP contribution in [0.2, 0.25) is 10.0 Å². The predicted molar refractivity (Wildman–Crippen MR) is 81.6 cm³/mol. The van der Waals surface area contributed by atoms with E-state index in [1.54, 1.807) is 0 Å². The highest BCUT2D eigenvalue weighted by atomic mass is 35.5. The molecule has 20 heavy (non-hydrogen) atoms. The van der Waals surface area contributed by atoms with Crippen molar-refractivity contribution in [3.63, 3.8) is 0 Å². The molecule has 2 rings (SSSR count). The third-order valence-corrected chi connectivity index (χ3v) is 3.42. The van der Waals surface area contributed by atoms with Crippen LogP contribution in [0.25, 0.3) is 0 Å². The molecule has 0 aliphatic rings. The van der Waals surface area contributed by atoms with E-state index in [2.05, 4.69) is 5.32 Å². The number of amides is 1. The van der Waals surface area contributed by atoms with Crippen molar-refractivity contribution in [2.24, 2.45) is 0 Å². The molecule has 2 N–H and O–H groups in total. The summed E-state index contributed by atoms with van der Waals surface area (Å²) < 4.78 is 0. The van der Waals surface area contributed by atoms with Gasteiger partial charge < -0.3 is 10.4 Å². The molecule has 1 amide bonds. The van der Waals surface area contributed by atoms with Crippen LogP contribution in [0.3, 0.4) is 0 Å². The number of hydrogen-bond acceptors (Lipinski definition) is 2. The predicted octanol–water partition coefficient (Wildman–Crippen LogP) is 4.19. The second-order valence-electron chi connectivity index (χ2n) is 4.44. The first-order valence-corrected chi connectivity index (χ1v) is 6.75. The lowest BCUT2D eigenvalue weighted by atomic mass is 10.1. The zero-order valence-corrected chi connectivity index (χ0v) is 12.3. The molecular weight excluding hydrogens is 297 g/mol. The van der Waals surface area contributed by atoms with Gasteiger partial charge in [-0.2, -0.15) is 0 Å². The van der Waals surface area contributed by atoms with E-state index in [0.717, 1.165) is 11.1 Å². The molecule has 0 spiro atoms. The lowest BCUT2D eigenvalue weighted by Crippen LogP contribution is -2.15. The van der Waals surface area contributed by atoms with Gasteiger partial charge >= 0.3 is 0 Å². The molecule has 3 nitrogen and oxygen atoms in total. The highest BCUT2D eigenvalue weighted by Crippen LogP contribution is 2.35. The first-order chi connectivity index (χ1) is 9.47. The van der Waals surface area contributed by atoms with E-state index >= 15 is 0 Å². The SMILES string of the molecule is Cc1ccccc1CC(=O)Nc1cc(Cl)cc(Cl)c1O. The number of phenolic OH excluding ortho intramolecular Hbond substituents is 1. The Balaban J connectivity index is 2.15. The number of benzene rings is 2. The summed E-state index contributed by atoms with van der Waals surface area (Å²) in [6, 6.07) is 10.5. The summed E-state index contributed by atoms with van der Waals surface area (Å²) in [5.74, 6) is -0.429. The summed E-state index contributed by atoms with van der Waals surface area (Å²) in [6.45, 7) is 1.94. The molecule has 0 fully saturated rings. The van der Waals surface area contributed by atoms with Gasteiger partial charge in [0.2, 0.25) is 5.91 Å². The summed E-state index contributed by atoms with van der Waals surface area (Å²) >= 11 is 11.6. The second-order valence-corrected chi connectivity index (χ2v) is 5.28. The first-order valence-electron chi connectivity index (χ1n) is 5.99. The summed E-state index contributed by atoms with van der Waals surface area (Å²) in [5, 5.41) is 12.8. The largest absolute Gasteiger partial charge is 0.504 e. The molecule has 0 aliphatic heterocycles. The van der Waals surface area contributed by atoms with Crippen molar-refractivity contribution in [1.29, 1.82) is 0 Å². The number of phenols is 1. The molecule has 0 aliphatic carbocycles. The molecule has 0 heterocycles. The second kappa shape index (κ2) is 6.16. The highest BCUT2D eigenvalue weighted by Gasteiger charge is 2.12. The molecule has 0 unspecified atom stereocenters. The Labute approximate surface area is 127 Å². The van der Waals surface area contributed by atoms with Crippen molar-refractivity contribution >= 4 is 34.8 Å². The van der Waals surface area contributed by atoms with E-state index in [-0.39, 0.29) is 28.8 Å². The topological polar surface area (TPSA) is 49.3 Å². The Morgan fingerprint density at radius 3 is 2.65 bits per heavy atom. The molecule has 0 radical (unpaired) electrons. The molecule has 0 aromatic heterocycles. The van der Waals surface area contributed by atoms with Crippen LogP contribution in [-0.4, -0.2) is 11.0 Å². The molecule has 0 bridgehead atoms. The normalized spacial score (nSPS) is 10.3. The zero-order valence-electron chi connectivity index (χ0n) is 10.8. The minimum Gasteiger partial charge on any atom is -0.504 e. The Kier molecular flexibility index (Phi) is 4.53. The van der Waals surface area contributed by atoms with Crippen LogP contribution in [0.5, 0.6) is 5.75 Å². The van der Waals surface area contributed by atoms with Gasteiger partial charge in [-0.1, -0.05) is 47.5 Å². The zero-order chi connectivity index (χ0) is 14.7. The monoisotopic (exact) mass is 309 g/mol. The van der Waals surface area contributed by atoms with Gasteiger partial charge in [-0.25, -0.2) is 0 Å². The maximum Gasteiger partial charge on any atom is 0.228 e. The highest BCUT2D eigenvalue weighted by molar-refractivity contribution is 6.36. The number of rotatable bonds is 3. The smallest absolute Gasteiger partial charge is 0.228 e. The minimum atomic E-state index is -0.243. The van der Waals surface area contributed by atoms with E-state index in [1.165, 1.54) is 12.1 Å². The number of aromatic hydroxyl groups is 1. The number of aryl methyl sites for hydroxylation is 1. The number of carbonyl (C=O) groups is 1. The molecular formula is C15H13Cl2NO2. The summed E-state index contributed by atoms with van der Waals surface area (Å²) in [6.07, 6.45) is 0.218. The summed E-state index contributed by atoms with van der Waals surface area (Å²) in [5.41, 5.74) is 2.18. The summed E-state index contributed by atoms with van der Waals surface area (Å²) in [7, 11) is 0. The lowest BCUT2D eigenvalue weighted by molar-refractivity contribution is -0.115. The first kappa shape index (κ1) is 14.7. The molecule has 0 saturated carbocycles. The van der Waals surface area contributed by atoms with Crippen molar-refractivity contribution < 1.29 is 9.90 Å². The van der Waals surface area contributed by atoms with E-state index in [1.807, 2.05) is 31.2 Å². The molecule has 2 aromatic rings. The Bertz CT molecular complexity index is 656. The van der Waals surface area contributed by atoms with Crippen LogP contribution >= 0.6 is 23.2 Å². The lowest BCUT2D eigenvalue weighted by Gasteiger charge is -2.10. The van der Waals surface area contributed by atoms with Gasteiger partial charge in [-0.3, -0.25) is 4.79 Å². The molecule has 5 heteroatoms. The maximum atomic E-state index is 12.0. The molecule has 0 saturated heterocycles. The van der Waals surface area contributed by atoms with Gasteiger partial charge in [0.25, 0.3) is 0 Å². The average molecular weight is 310 g/mol. The summed E-state index contributed by atoms with van der Waals surface area (Å²) in [4.78, 5) is 12.0. The molecule has 104 valence electrons. The molecule has 2 aromatic carbocycles. The van der Waals surface area contributed by atoms with Crippen LogP contribution in [0.15, 0.2) is 36.4 Å². The molecule has 0 atom stereocenters. The van der Waals surface area contributed by atoms with Crippen LogP contribution in [0.1, 0.15) is 11.1 Å².